The number of nitrogens with one attached hydrogen (secondary N) is 2. The minimum atomic E-state index is -0.619. The lowest BCUT2D eigenvalue weighted by Gasteiger charge is -2.13. The number of ether oxygens (including phenoxy) is 2. The smallest absolute Gasteiger partial charge is 0.319 e. The molecule has 1 aliphatic rings. The molecule has 4 rings (SSSR count). The minimum absolute atomic E-state index is 0.224. The molecule has 3 aromatic rings. The zero-order valence-corrected chi connectivity index (χ0v) is 16.8. The summed E-state index contributed by atoms with van der Waals surface area (Å²) >= 11 is 6.30. The van der Waals surface area contributed by atoms with Gasteiger partial charge in [0, 0.05) is 29.8 Å². The van der Waals surface area contributed by atoms with Gasteiger partial charge in [-0.2, -0.15) is 0 Å². The van der Waals surface area contributed by atoms with Crippen molar-refractivity contribution < 1.29 is 19.1 Å². The third-order valence-corrected chi connectivity index (χ3v) is 4.93. The van der Waals surface area contributed by atoms with Crippen molar-refractivity contribution in [2.45, 2.75) is 18.9 Å². The summed E-state index contributed by atoms with van der Waals surface area (Å²) in [6, 6.07) is 9.77. The first-order chi connectivity index (χ1) is 14.4. The molecule has 1 fully saturated rings. The van der Waals surface area contributed by atoms with Crippen LogP contribution in [0.4, 0.5) is 10.5 Å². The number of anilines is 1. The van der Waals surface area contributed by atoms with Gasteiger partial charge < -0.3 is 25.8 Å². The number of hydrogen-bond donors (Lipinski definition) is 3. The lowest BCUT2D eigenvalue weighted by atomic mass is 10.1. The summed E-state index contributed by atoms with van der Waals surface area (Å²) in [7, 11) is 1.45. The number of primary amides is 1. The van der Waals surface area contributed by atoms with Crippen LogP contribution in [-0.4, -0.2) is 30.1 Å². The number of halogens is 1. The van der Waals surface area contributed by atoms with Gasteiger partial charge in [0.25, 0.3) is 5.91 Å². The Morgan fingerprint density at radius 1 is 1.17 bits per heavy atom. The number of methoxy groups -OCH3 is 1. The number of rotatable bonds is 6. The summed E-state index contributed by atoms with van der Waals surface area (Å²) in [5, 5.41) is 6.48. The first kappa shape index (κ1) is 19.8. The molecular formula is C21H19ClN4O4. The van der Waals surface area contributed by atoms with Crippen molar-refractivity contribution in [2.75, 3.05) is 12.4 Å². The highest BCUT2D eigenvalue weighted by molar-refractivity contribution is 6.33. The van der Waals surface area contributed by atoms with E-state index in [1.807, 2.05) is 0 Å². The molecule has 4 N–H and O–H groups in total. The Kier molecular flexibility index (Phi) is 5.33. The summed E-state index contributed by atoms with van der Waals surface area (Å²) in [5.74, 6) is 0.639. The standard InChI is InChI=1S/C21H19ClN4O4/c1-29-19-10-17-13(9-14(19)20(23)27)18(6-7-24-17)30-12-4-5-16(15(22)8-12)26-21(28)25-11-2-3-11/h4-11H,2-3H2,1H3,(H2,23,27)(H2,25,26,28). The van der Waals surface area contributed by atoms with E-state index >= 15 is 0 Å². The van der Waals surface area contributed by atoms with Gasteiger partial charge in [0.05, 0.1) is 28.9 Å². The second kappa shape index (κ2) is 8.08. The lowest BCUT2D eigenvalue weighted by Crippen LogP contribution is -2.30. The summed E-state index contributed by atoms with van der Waals surface area (Å²) in [6.07, 6.45) is 3.58. The van der Waals surface area contributed by atoms with Crippen molar-refractivity contribution in [2.24, 2.45) is 5.73 Å². The minimum Gasteiger partial charge on any atom is -0.496 e. The summed E-state index contributed by atoms with van der Waals surface area (Å²) in [5.41, 5.74) is 6.73. The number of nitrogens with zero attached hydrogens (tertiary/aromatic N) is 1. The van der Waals surface area contributed by atoms with Crippen molar-refractivity contribution in [3.05, 3.63) is 53.2 Å². The Hall–Kier alpha value is -3.52. The van der Waals surface area contributed by atoms with Gasteiger partial charge in [0.15, 0.2) is 0 Å². The highest BCUT2D eigenvalue weighted by atomic mass is 35.5. The molecule has 9 heteroatoms. The molecule has 0 spiro atoms. The molecule has 0 unspecified atom stereocenters. The number of benzene rings is 2. The molecule has 1 aliphatic carbocycles. The first-order valence-corrected chi connectivity index (χ1v) is 9.64. The van der Waals surface area contributed by atoms with E-state index in [9.17, 15) is 9.59 Å². The molecule has 30 heavy (non-hydrogen) atoms. The van der Waals surface area contributed by atoms with Crippen molar-refractivity contribution >= 4 is 40.1 Å². The van der Waals surface area contributed by atoms with Gasteiger partial charge in [-0.15, -0.1) is 0 Å². The predicted molar refractivity (Wildman–Crippen MR) is 114 cm³/mol. The predicted octanol–water partition coefficient (Wildman–Crippen LogP) is 4.07. The maximum Gasteiger partial charge on any atom is 0.319 e. The van der Waals surface area contributed by atoms with Crippen LogP contribution in [0.5, 0.6) is 17.2 Å². The molecule has 0 saturated heterocycles. The monoisotopic (exact) mass is 426 g/mol. The molecule has 1 saturated carbocycles. The van der Waals surface area contributed by atoms with E-state index in [-0.39, 0.29) is 17.6 Å². The molecule has 2 aromatic carbocycles. The van der Waals surface area contributed by atoms with Gasteiger partial charge >= 0.3 is 6.03 Å². The van der Waals surface area contributed by atoms with Crippen LogP contribution >= 0.6 is 11.6 Å². The number of urea groups is 1. The molecule has 1 aromatic heterocycles. The lowest BCUT2D eigenvalue weighted by molar-refractivity contribution is 0.0997. The normalized spacial score (nSPS) is 13.0. The number of aromatic nitrogens is 1. The molecule has 3 amide bonds. The average molecular weight is 427 g/mol. The number of amides is 3. The number of carbonyl (C=O) groups excluding carboxylic acids is 2. The second-order valence-corrected chi connectivity index (χ2v) is 7.27. The zero-order valence-electron chi connectivity index (χ0n) is 16.1. The first-order valence-electron chi connectivity index (χ1n) is 9.26. The van der Waals surface area contributed by atoms with Crippen LogP contribution in [0.1, 0.15) is 23.2 Å². The Balaban J connectivity index is 1.60. The molecule has 0 radical (unpaired) electrons. The van der Waals surface area contributed by atoms with Crippen LogP contribution in [0.25, 0.3) is 10.9 Å². The van der Waals surface area contributed by atoms with E-state index in [2.05, 4.69) is 15.6 Å². The van der Waals surface area contributed by atoms with E-state index in [0.29, 0.717) is 38.9 Å². The molecular weight excluding hydrogens is 408 g/mol. The summed E-state index contributed by atoms with van der Waals surface area (Å²) < 4.78 is 11.2. The van der Waals surface area contributed by atoms with Crippen LogP contribution < -0.4 is 25.8 Å². The fourth-order valence-corrected chi connectivity index (χ4v) is 3.18. The van der Waals surface area contributed by atoms with Crippen LogP contribution in [0.2, 0.25) is 5.02 Å². The highest BCUT2D eigenvalue weighted by Crippen LogP contribution is 2.35. The van der Waals surface area contributed by atoms with E-state index in [0.717, 1.165) is 12.8 Å². The third kappa shape index (κ3) is 4.23. The van der Waals surface area contributed by atoms with Crippen molar-refractivity contribution in [3.8, 4) is 17.2 Å². The number of pyridine rings is 1. The van der Waals surface area contributed by atoms with Crippen molar-refractivity contribution in [3.63, 3.8) is 0 Å². The van der Waals surface area contributed by atoms with Gasteiger partial charge in [-0.05, 0) is 37.1 Å². The van der Waals surface area contributed by atoms with Gasteiger partial charge in [0.1, 0.15) is 17.2 Å². The summed E-state index contributed by atoms with van der Waals surface area (Å²) in [4.78, 5) is 28.0. The SMILES string of the molecule is COc1cc2nccc(Oc3ccc(NC(=O)NC4CC4)c(Cl)c3)c2cc1C(N)=O. The van der Waals surface area contributed by atoms with Crippen LogP contribution in [0.3, 0.4) is 0 Å². The van der Waals surface area contributed by atoms with Gasteiger partial charge in [-0.3, -0.25) is 9.78 Å². The molecule has 0 atom stereocenters. The number of nitrogens with two attached hydrogens (primary N) is 1. The third-order valence-electron chi connectivity index (χ3n) is 4.62. The molecule has 8 nitrogen and oxygen atoms in total. The number of hydrogen-bond acceptors (Lipinski definition) is 5. The Labute approximate surface area is 177 Å². The van der Waals surface area contributed by atoms with Crippen LogP contribution in [-0.2, 0) is 0 Å². The fourth-order valence-electron chi connectivity index (χ4n) is 2.96. The van der Waals surface area contributed by atoms with Gasteiger partial charge in [0.2, 0.25) is 0 Å². The number of carbonyl (C=O) groups is 2. The molecule has 1 heterocycles. The number of fused-ring (bicyclic) bond motifs is 1. The van der Waals surface area contributed by atoms with Gasteiger partial charge in [-0.25, -0.2) is 4.79 Å². The quantitative estimate of drug-likeness (QED) is 0.549. The largest absolute Gasteiger partial charge is 0.496 e. The molecule has 154 valence electrons. The Morgan fingerprint density at radius 3 is 2.63 bits per heavy atom. The average Bonchev–Trinajstić information content (AvgIpc) is 3.53. The maximum absolute atomic E-state index is 11.9. The van der Waals surface area contributed by atoms with Crippen molar-refractivity contribution in [1.29, 1.82) is 0 Å². The fraction of sp³-hybridized carbons (Fsp3) is 0.190. The second-order valence-electron chi connectivity index (χ2n) is 6.86. The van der Waals surface area contributed by atoms with Crippen molar-refractivity contribution in [1.82, 2.24) is 10.3 Å². The van der Waals surface area contributed by atoms with Crippen LogP contribution in [0, 0.1) is 0 Å². The van der Waals surface area contributed by atoms with Crippen LogP contribution in [0.15, 0.2) is 42.6 Å². The summed E-state index contributed by atoms with van der Waals surface area (Å²) in [6.45, 7) is 0. The Morgan fingerprint density at radius 2 is 1.97 bits per heavy atom. The topological polar surface area (TPSA) is 116 Å². The highest BCUT2D eigenvalue weighted by Gasteiger charge is 2.23. The van der Waals surface area contributed by atoms with E-state index in [1.54, 1.807) is 42.6 Å². The Bertz CT molecular complexity index is 1150. The van der Waals surface area contributed by atoms with Gasteiger partial charge in [-0.1, -0.05) is 11.6 Å². The van der Waals surface area contributed by atoms with E-state index in [4.69, 9.17) is 26.8 Å². The van der Waals surface area contributed by atoms with E-state index < -0.39 is 5.91 Å². The molecule has 0 bridgehead atoms. The maximum atomic E-state index is 11.9. The zero-order chi connectivity index (χ0) is 21.3. The van der Waals surface area contributed by atoms with E-state index in [1.165, 1.54) is 7.11 Å². The molecule has 0 aliphatic heterocycles.